The van der Waals surface area contributed by atoms with Crippen LogP contribution in [0.5, 0.6) is 0 Å². The second kappa shape index (κ2) is 6.23. The van der Waals surface area contributed by atoms with Gasteiger partial charge in [-0.15, -0.1) is 0 Å². The Bertz CT molecular complexity index is 755. The summed E-state index contributed by atoms with van der Waals surface area (Å²) in [5.41, 5.74) is 4.47. The third kappa shape index (κ3) is 2.41. The molecule has 3 heterocycles. The number of aryl methyl sites for hydroxylation is 1. The third-order valence-electron chi connectivity index (χ3n) is 6.54. The molecule has 4 atom stereocenters. The zero-order valence-corrected chi connectivity index (χ0v) is 15.8. The van der Waals surface area contributed by atoms with Crippen LogP contribution in [0.15, 0.2) is 24.3 Å². The second-order valence-electron chi connectivity index (χ2n) is 7.70. The minimum Gasteiger partial charge on any atom is -0.425 e. The van der Waals surface area contributed by atoms with Crippen LogP contribution in [-0.4, -0.2) is 33.8 Å². The number of nitrogens with zero attached hydrogens (tertiary/aromatic N) is 2. The average Bonchev–Trinajstić information content (AvgIpc) is 2.87. The minimum absolute atomic E-state index is 0. The summed E-state index contributed by atoms with van der Waals surface area (Å²) in [7, 11) is 2.23. The summed E-state index contributed by atoms with van der Waals surface area (Å²) in [5.74, 6) is 1.34. The molecular formula is C20H25N2ORh-. The van der Waals surface area contributed by atoms with Gasteiger partial charge in [-0.1, -0.05) is 49.5 Å². The average molecular weight is 412 g/mol. The molecule has 3 nitrogen and oxygen atoms in total. The molecule has 2 aromatic rings. The van der Waals surface area contributed by atoms with Gasteiger partial charge in [-0.3, -0.25) is 11.3 Å². The Labute approximate surface area is 156 Å². The predicted octanol–water partition coefficient (Wildman–Crippen LogP) is 3.07. The van der Waals surface area contributed by atoms with Crippen molar-refractivity contribution in [2.45, 2.75) is 37.8 Å². The van der Waals surface area contributed by atoms with Gasteiger partial charge < -0.3 is 9.67 Å². The summed E-state index contributed by atoms with van der Waals surface area (Å²) in [4.78, 5) is 2.72. The van der Waals surface area contributed by atoms with Crippen LogP contribution in [0, 0.1) is 18.3 Å². The van der Waals surface area contributed by atoms with Crippen LogP contribution >= 0.6 is 0 Å². The molecule has 2 aliphatic heterocycles. The Morgan fingerprint density at radius 3 is 2.92 bits per heavy atom. The topological polar surface area (TPSA) is 28.4 Å². The van der Waals surface area contributed by atoms with E-state index >= 15 is 0 Å². The third-order valence-corrected chi connectivity index (χ3v) is 6.54. The largest absolute Gasteiger partial charge is 0.425 e. The number of piperidine rings is 1. The molecule has 1 aromatic heterocycles. The number of aliphatic hydroxyl groups excluding tert-OH is 1. The van der Waals surface area contributed by atoms with Crippen molar-refractivity contribution in [2.24, 2.45) is 18.9 Å². The molecule has 3 unspecified atom stereocenters. The van der Waals surface area contributed by atoms with E-state index in [1.54, 1.807) is 5.56 Å². The van der Waals surface area contributed by atoms with E-state index in [4.69, 9.17) is 0 Å². The fourth-order valence-electron chi connectivity index (χ4n) is 5.44. The van der Waals surface area contributed by atoms with Crippen LogP contribution in [0.3, 0.4) is 0 Å². The molecule has 1 aliphatic carbocycles. The van der Waals surface area contributed by atoms with Crippen molar-refractivity contribution in [1.29, 1.82) is 0 Å². The Balaban J connectivity index is 0.00000146. The normalized spacial score (nSPS) is 32.6. The smallest absolute Gasteiger partial charge is 0.0483 e. The van der Waals surface area contributed by atoms with Crippen molar-refractivity contribution < 1.29 is 24.6 Å². The van der Waals surface area contributed by atoms with Gasteiger partial charge in [-0.2, -0.15) is 5.92 Å². The van der Waals surface area contributed by atoms with E-state index in [2.05, 4.69) is 47.2 Å². The minimum atomic E-state index is -0.182. The van der Waals surface area contributed by atoms with E-state index < -0.39 is 0 Å². The monoisotopic (exact) mass is 412 g/mol. The Hall–Kier alpha value is -0.697. The molecule has 0 amide bonds. The van der Waals surface area contributed by atoms with Crippen LogP contribution in [0.1, 0.15) is 36.6 Å². The maximum Gasteiger partial charge on any atom is 0.0483 e. The van der Waals surface area contributed by atoms with E-state index in [-0.39, 0.29) is 25.6 Å². The number of para-hydroxylation sites is 1. The molecule has 1 saturated heterocycles. The summed E-state index contributed by atoms with van der Waals surface area (Å²) in [6.45, 7) is 2.40. The molecule has 3 aliphatic rings. The molecule has 1 aromatic carbocycles. The summed E-state index contributed by atoms with van der Waals surface area (Å²) in [6, 6.07) is 9.37. The molecule has 0 bridgehead atoms. The van der Waals surface area contributed by atoms with Crippen LogP contribution in [0.4, 0.5) is 0 Å². The van der Waals surface area contributed by atoms with Crippen molar-refractivity contribution in [3.05, 3.63) is 41.9 Å². The molecule has 131 valence electrons. The molecule has 24 heavy (non-hydrogen) atoms. The van der Waals surface area contributed by atoms with Gasteiger partial charge >= 0.3 is 0 Å². The SMILES string of the molecule is Cn1c2c(c3ccccc31)CCN1CC3CC[C@H](O)[CH-]C3CC21.[Rh]. The Morgan fingerprint density at radius 1 is 1.21 bits per heavy atom. The van der Waals surface area contributed by atoms with E-state index in [0.29, 0.717) is 12.0 Å². The maximum absolute atomic E-state index is 10.0. The van der Waals surface area contributed by atoms with Gasteiger partial charge in [-0.25, -0.2) is 0 Å². The number of rotatable bonds is 0. The van der Waals surface area contributed by atoms with Gasteiger partial charge in [0.1, 0.15) is 0 Å². The molecule has 1 radical (unpaired) electrons. The first kappa shape index (κ1) is 16.8. The van der Waals surface area contributed by atoms with E-state index in [1.165, 1.54) is 48.9 Å². The first-order valence-electron chi connectivity index (χ1n) is 9.05. The first-order chi connectivity index (χ1) is 11.2. The van der Waals surface area contributed by atoms with Crippen molar-refractivity contribution in [1.82, 2.24) is 9.47 Å². The van der Waals surface area contributed by atoms with Gasteiger partial charge in [0, 0.05) is 55.7 Å². The van der Waals surface area contributed by atoms with Gasteiger partial charge in [0.2, 0.25) is 0 Å². The standard InChI is InChI=1S/C20H25N2O.Rh/c1-21-18-5-3-2-4-16(18)17-8-9-22-12-13-6-7-15(23)10-14(13)11-19(22)20(17)21;/h2-5,10,13-15,19,23H,6-9,11-12H2,1H3;/q-1;/t13?,14?,15-,19?;/m0./s1. The number of benzene rings is 1. The number of aromatic nitrogens is 1. The number of hydrogen-bond donors (Lipinski definition) is 1. The zero-order chi connectivity index (χ0) is 15.6. The van der Waals surface area contributed by atoms with Crippen molar-refractivity contribution in [2.75, 3.05) is 13.1 Å². The van der Waals surface area contributed by atoms with E-state index in [1.807, 2.05) is 0 Å². The summed E-state index contributed by atoms with van der Waals surface area (Å²) in [6.07, 6.45) is 6.56. The number of hydrogen-bond acceptors (Lipinski definition) is 2. The van der Waals surface area contributed by atoms with Crippen LogP contribution in [0.2, 0.25) is 0 Å². The fraction of sp³-hybridized carbons (Fsp3) is 0.550. The van der Waals surface area contributed by atoms with Crippen molar-refractivity contribution >= 4 is 10.9 Å². The number of aliphatic hydroxyl groups is 1. The molecule has 0 spiro atoms. The summed E-state index contributed by atoms with van der Waals surface area (Å²) >= 11 is 0. The Kier molecular flexibility index (Phi) is 4.35. The van der Waals surface area contributed by atoms with Gasteiger partial charge in [0.25, 0.3) is 0 Å². The predicted molar refractivity (Wildman–Crippen MR) is 92.1 cm³/mol. The fourth-order valence-corrected chi connectivity index (χ4v) is 5.44. The summed E-state index contributed by atoms with van der Waals surface area (Å²) < 4.78 is 2.43. The Morgan fingerprint density at radius 2 is 2.04 bits per heavy atom. The molecular weight excluding hydrogens is 387 g/mol. The second-order valence-corrected chi connectivity index (χ2v) is 7.70. The van der Waals surface area contributed by atoms with Crippen LogP contribution in [0.25, 0.3) is 10.9 Å². The van der Waals surface area contributed by atoms with Crippen LogP contribution in [-0.2, 0) is 32.9 Å². The number of fused-ring (bicyclic) bond motifs is 6. The van der Waals surface area contributed by atoms with E-state index in [0.717, 1.165) is 12.3 Å². The van der Waals surface area contributed by atoms with Gasteiger partial charge in [0.05, 0.1) is 0 Å². The van der Waals surface area contributed by atoms with Crippen molar-refractivity contribution in [3.63, 3.8) is 0 Å². The van der Waals surface area contributed by atoms with Crippen LogP contribution < -0.4 is 0 Å². The molecule has 2 fully saturated rings. The molecule has 1 N–H and O–H groups in total. The van der Waals surface area contributed by atoms with E-state index in [9.17, 15) is 5.11 Å². The quantitative estimate of drug-likeness (QED) is 0.532. The zero-order valence-electron chi connectivity index (χ0n) is 14.1. The summed E-state index contributed by atoms with van der Waals surface area (Å²) in [5, 5.41) is 11.5. The van der Waals surface area contributed by atoms with Gasteiger partial charge in [-0.05, 0) is 24.6 Å². The molecule has 1 saturated carbocycles. The maximum atomic E-state index is 10.0. The molecule has 4 heteroatoms. The van der Waals surface area contributed by atoms with Gasteiger partial charge in [0.15, 0.2) is 0 Å². The van der Waals surface area contributed by atoms with Crippen molar-refractivity contribution in [3.8, 4) is 0 Å². The first-order valence-corrected chi connectivity index (χ1v) is 9.05. The molecule has 5 rings (SSSR count).